The van der Waals surface area contributed by atoms with Gasteiger partial charge in [-0.2, -0.15) is 9.78 Å². The van der Waals surface area contributed by atoms with Crippen molar-refractivity contribution in [1.82, 2.24) is 25.1 Å². The summed E-state index contributed by atoms with van der Waals surface area (Å²) in [6.45, 7) is 3.49. The van der Waals surface area contributed by atoms with Crippen molar-refractivity contribution in [2.45, 2.75) is 19.9 Å². The summed E-state index contributed by atoms with van der Waals surface area (Å²) in [6, 6.07) is 8.98. The van der Waals surface area contributed by atoms with E-state index in [1.165, 1.54) is 22.0 Å². The van der Waals surface area contributed by atoms with Gasteiger partial charge in [0.05, 0.1) is 31.8 Å². The molecule has 0 saturated carbocycles. The van der Waals surface area contributed by atoms with Crippen LogP contribution in [0.2, 0.25) is 15.1 Å². The Labute approximate surface area is 198 Å². The predicted octanol–water partition coefficient (Wildman–Crippen LogP) is 4.83. The molecule has 1 aliphatic rings. The van der Waals surface area contributed by atoms with Crippen molar-refractivity contribution < 1.29 is 0 Å². The van der Waals surface area contributed by atoms with Gasteiger partial charge in [-0.25, -0.2) is 9.97 Å². The molecule has 2 aromatic heterocycles. The van der Waals surface area contributed by atoms with Gasteiger partial charge in [-0.3, -0.25) is 4.79 Å². The Morgan fingerprint density at radius 3 is 2.66 bits per heavy atom. The third-order valence-corrected chi connectivity index (χ3v) is 6.30. The van der Waals surface area contributed by atoms with E-state index >= 15 is 0 Å². The first-order valence-corrected chi connectivity index (χ1v) is 11.1. The van der Waals surface area contributed by atoms with E-state index in [1.807, 2.05) is 12.1 Å². The molecule has 1 aliphatic heterocycles. The van der Waals surface area contributed by atoms with Crippen molar-refractivity contribution in [2.75, 3.05) is 11.9 Å². The van der Waals surface area contributed by atoms with E-state index in [-0.39, 0.29) is 0 Å². The van der Waals surface area contributed by atoms with Gasteiger partial charge in [0.25, 0.3) is 5.56 Å². The fraction of sp³-hybridized carbons (Fsp3) is 0.182. The van der Waals surface area contributed by atoms with Crippen LogP contribution in [0.15, 0.2) is 41.3 Å². The second-order valence-electron chi connectivity index (χ2n) is 7.48. The zero-order valence-electron chi connectivity index (χ0n) is 16.9. The molecule has 0 spiro atoms. The zero-order valence-corrected chi connectivity index (χ0v) is 19.2. The molecule has 32 heavy (non-hydrogen) atoms. The second-order valence-corrected chi connectivity index (χ2v) is 8.70. The van der Waals surface area contributed by atoms with Crippen molar-refractivity contribution in [3.63, 3.8) is 0 Å². The molecule has 2 aromatic carbocycles. The number of para-hydroxylation sites is 1. The molecule has 0 amide bonds. The van der Waals surface area contributed by atoms with Crippen LogP contribution in [-0.2, 0) is 13.0 Å². The molecule has 0 bridgehead atoms. The van der Waals surface area contributed by atoms with Gasteiger partial charge in [-0.05, 0) is 55.3 Å². The highest BCUT2D eigenvalue weighted by atomic mass is 35.5. The van der Waals surface area contributed by atoms with Crippen LogP contribution in [0, 0.1) is 6.92 Å². The summed E-state index contributed by atoms with van der Waals surface area (Å²) in [5.74, 6) is 0.325. The van der Waals surface area contributed by atoms with Crippen molar-refractivity contribution in [3.05, 3.63) is 78.8 Å². The SMILES string of the molecule is Cc1nn(-c2c(Cl)cccc2Cl)c(=O)c2cnc(Nc3cc4c(cc3Cl)CNCC4)nc12. The lowest BCUT2D eigenvalue weighted by molar-refractivity contribution is 0.644. The molecule has 162 valence electrons. The Balaban J connectivity index is 1.57. The summed E-state index contributed by atoms with van der Waals surface area (Å²) in [5.41, 5.74) is 4.01. The lowest BCUT2D eigenvalue weighted by atomic mass is 10.0. The minimum Gasteiger partial charge on any atom is -0.323 e. The summed E-state index contributed by atoms with van der Waals surface area (Å²) in [5, 5.41) is 12.4. The van der Waals surface area contributed by atoms with E-state index < -0.39 is 5.56 Å². The van der Waals surface area contributed by atoms with Gasteiger partial charge in [0, 0.05) is 12.7 Å². The Bertz CT molecular complexity index is 1420. The molecule has 0 unspecified atom stereocenters. The van der Waals surface area contributed by atoms with Gasteiger partial charge in [-0.1, -0.05) is 40.9 Å². The smallest absolute Gasteiger partial charge is 0.282 e. The van der Waals surface area contributed by atoms with Crippen molar-refractivity contribution in [2.24, 2.45) is 0 Å². The average Bonchev–Trinajstić information content (AvgIpc) is 2.77. The van der Waals surface area contributed by atoms with Crippen molar-refractivity contribution in [3.8, 4) is 5.69 Å². The van der Waals surface area contributed by atoms with E-state index in [1.54, 1.807) is 25.1 Å². The highest BCUT2D eigenvalue weighted by Crippen LogP contribution is 2.30. The van der Waals surface area contributed by atoms with E-state index in [0.717, 1.165) is 19.5 Å². The van der Waals surface area contributed by atoms with E-state index in [9.17, 15) is 4.79 Å². The van der Waals surface area contributed by atoms with Crippen LogP contribution in [0.25, 0.3) is 16.6 Å². The zero-order chi connectivity index (χ0) is 22.4. The maximum absolute atomic E-state index is 13.1. The lowest BCUT2D eigenvalue weighted by Gasteiger charge is -2.19. The highest BCUT2D eigenvalue weighted by molar-refractivity contribution is 6.37. The number of hydrogen-bond donors (Lipinski definition) is 2. The molecule has 2 N–H and O–H groups in total. The molecular formula is C22H17Cl3N6O. The Morgan fingerprint density at radius 1 is 1.09 bits per heavy atom. The Hall–Kier alpha value is -2.71. The number of halogens is 3. The minimum atomic E-state index is -0.411. The van der Waals surface area contributed by atoms with Crippen LogP contribution in [0.1, 0.15) is 16.8 Å². The molecule has 0 saturated heterocycles. The van der Waals surface area contributed by atoms with Crippen LogP contribution in [0.3, 0.4) is 0 Å². The number of hydrogen-bond acceptors (Lipinski definition) is 6. The number of anilines is 2. The van der Waals surface area contributed by atoms with Crippen LogP contribution in [-0.4, -0.2) is 26.3 Å². The first-order valence-electron chi connectivity index (χ1n) is 9.92. The van der Waals surface area contributed by atoms with Gasteiger partial charge in [0.1, 0.15) is 11.2 Å². The fourth-order valence-electron chi connectivity index (χ4n) is 3.79. The topological polar surface area (TPSA) is 84.7 Å². The average molecular weight is 488 g/mol. The third kappa shape index (κ3) is 3.71. The molecule has 10 heteroatoms. The standard InChI is InChI=1S/C22H17Cl3N6O/c1-11-19-14(21(32)31(30-11)20-15(23)3-2-4-16(20)24)10-27-22(29-19)28-18-8-12-5-6-26-9-13(12)7-17(18)25/h2-4,7-8,10,26H,5-6,9H2,1H3,(H,27,28,29). The van der Waals surface area contributed by atoms with Gasteiger partial charge < -0.3 is 10.6 Å². The monoisotopic (exact) mass is 486 g/mol. The van der Waals surface area contributed by atoms with Gasteiger partial charge in [0.2, 0.25) is 5.95 Å². The van der Waals surface area contributed by atoms with Gasteiger partial charge in [-0.15, -0.1) is 0 Å². The van der Waals surface area contributed by atoms with Gasteiger partial charge in [0.15, 0.2) is 0 Å². The summed E-state index contributed by atoms with van der Waals surface area (Å²) in [6.07, 6.45) is 2.39. The first-order chi connectivity index (χ1) is 15.4. The number of aromatic nitrogens is 4. The van der Waals surface area contributed by atoms with Crippen molar-refractivity contribution >= 4 is 57.3 Å². The van der Waals surface area contributed by atoms with E-state index in [0.29, 0.717) is 49.0 Å². The highest BCUT2D eigenvalue weighted by Gasteiger charge is 2.17. The molecular weight excluding hydrogens is 471 g/mol. The molecule has 0 radical (unpaired) electrons. The molecule has 5 rings (SSSR count). The predicted molar refractivity (Wildman–Crippen MR) is 128 cm³/mol. The van der Waals surface area contributed by atoms with E-state index in [2.05, 4.69) is 25.7 Å². The number of nitrogens with one attached hydrogen (secondary N) is 2. The number of benzene rings is 2. The second kappa shape index (κ2) is 8.33. The Kier molecular flexibility index (Phi) is 5.51. The summed E-state index contributed by atoms with van der Waals surface area (Å²) >= 11 is 19.0. The van der Waals surface area contributed by atoms with Crippen LogP contribution in [0.5, 0.6) is 0 Å². The summed E-state index contributed by atoms with van der Waals surface area (Å²) in [7, 11) is 0. The molecule has 7 nitrogen and oxygen atoms in total. The maximum Gasteiger partial charge on any atom is 0.282 e. The van der Waals surface area contributed by atoms with Gasteiger partial charge >= 0.3 is 0 Å². The normalized spacial score (nSPS) is 13.2. The Morgan fingerprint density at radius 2 is 1.88 bits per heavy atom. The van der Waals surface area contributed by atoms with Crippen LogP contribution in [0.4, 0.5) is 11.6 Å². The minimum absolute atomic E-state index is 0.307. The number of aryl methyl sites for hydroxylation is 1. The number of nitrogens with zero attached hydrogens (tertiary/aromatic N) is 4. The van der Waals surface area contributed by atoms with Crippen LogP contribution >= 0.6 is 34.8 Å². The summed E-state index contributed by atoms with van der Waals surface area (Å²) in [4.78, 5) is 22.0. The van der Waals surface area contributed by atoms with Crippen LogP contribution < -0.4 is 16.2 Å². The third-order valence-electron chi connectivity index (χ3n) is 5.38. The molecule has 0 aliphatic carbocycles. The molecule has 0 atom stereocenters. The van der Waals surface area contributed by atoms with E-state index in [4.69, 9.17) is 34.8 Å². The maximum atomic E-state index is 13.1. The quantitative estimate of drug-likeness (QED) is 0.430. The molecule has 3 heterocycles. The molecule has 4 aromatic rings. The number of rotatable bonds is 3. The molecule has 0 fully saturated rings. The first kappa shape index (κ1) is 21.2. The largest absolute Gasteiger partial charge is 0.323 e. The number of fused-ring (bicyclic) bond motifs is 2. The van der Waals surface area contributed by atoms with Crippen molar-refractivity contribution in [1.29, 1.82) is 0 Å². The summed E-state index contributed by atoms with van der Waals surface area (Å²) < 4.78 is 1.19. The fourth-order valence-corrected chi connectivity index (χ4v) is 4.58. The lowest BCUT2D eigenvalue weighted by Crippen LogP contribution is -2.24.